The maximum atomic E-state index is 5.93. The Kier molecular flexibility index (Phi) is 4.41. The first-order valence-electron chi connectivity index (χ1n) is 7.18. The lowest BCUT2D eigenvalue weighted by atomic mass is 10.3. The molecule has 1 aliphatic carbocycles. The lowest BCUT2D eigenvalue weighted by Gasteiger charge is -2.10. The largest absolute Gasteiger partial charge is 0.481 e. The minimum absolute atomic E-state index is 0.305. The Hall–Kier alpha value is -1.59. The fraction of sp³-hybridized carbons (Fsp3) is 0.467. The zero-order valence-corrected chi connectivity index (χ0v) is 12.6. The summed E-state index contributed by atoms with van der Waals surface area (Å²) in [6.45, 7) is 2.75. The molecule has 1 N–H and O–H groups in total. The van der Waals surface area contributed by atoms with Crippen LogP contribution >= 0.6 is 11.6 Å². The summed E-state index contributed by atoms with van der Waals surface area (Å²) in [6.07, 6.45) is 2.99. The SMILES string of the molecule is CC(Oc1cccc(Cl)c1)c1nnc(CCNC2CC2)o1. The van der Waals surface area contributed by atoms with Gasteiger partial charge in [0.25, 0.3) is 5.89 Å². The third-order valence-electron chi connectivity index (χ3n) is 3.29. The number of rotatable bonds is 7. The average Bonchev–Trinajstić information content (AvgIpc) is 3.15. The van der Waals surface area contributed by atoms with E-state index in [4.69, 9.17) is 20.8 Å². The van der Waals surface area contributed by atoms with Crippen molar-refractivity contribution in [3.8, 4) is 5.75 Å². The van der Waals surface area contributed by atoms with Crippen LogP contribution in [0.4, 0.5) is 0 Å². The van der Waals surface area contributed by atoms with Crippen LogP contribution in [0.3, 0.4) is 0 Å². The van der Waals surface area contributed by atoms with Gasteiger partial charge < -0.3 is 14.5 Å². The number of nitrogens with zero attached hydrogens (tertiary/aromatic N) is 2. The maximum absolute atomic E-state index is 5.93. The van der Waals surface area contributed by atoms with Crippen molar-refractivity contribution in [2.24, 2.45) is 0 Å². The van der Waals surface area contributed by atoms with Gasteiger partial charge in [0.2, 0.25) is 5.89 Å². The Morgan fingerprint density at radius 3 is 3.05 bits per heavy atom. The molecule has 1 aromatic carbocycles. The molecule has 6 heteroatoms. The zero-order valence-electron chi connectivity index (χ0n) is 11.9. The first-order valence-corrected chi connectivity index (χ1v) is 7.56. The molecule has 0 radical (unpaired) electrons. The number of hydrogen-bond donors (Lipinski definition) is 1. The minimum atomic E-state index is -0.305. The van der Waals surface area contributed by atoms with Crippen LogP contribution in [0.25, 0.3) is 0 Å². The van der Waals surface area contributed by atoms with E-state index in [2.05, 4.69) is 15.5 Å². The quantitative estimate of drug-likeness (QED) is 0.851. The minimum Gasteiger partial charge on any atom is -0.481 e. The van der Waals surface area contributed by atoms with Crippen LogP contribution in [-0.2, 0) is 6.42 Å². The van der Waals surface area contributed by atoms with Crippen molar-refractivity contribution in [1.82, 2.24) is 15.5 Å². The molecule has 1 saturated carbocycles. The summed E-state index contributed by atoms with van der Waals surface area (Å²) in [5.74, 6) is 1.81. The van der Waals surface area contributed by atoms with E-state index >= 15 is 0 Å². The van der Waals surface area contributed by atoms with Crippen LogP contribution < -0.4 is 10.1 Å². The van der Waals surface area contributed by atoms with Crippen molar-refractivity contribution in [2.45, 2.75) is 38.3 Å². The monoisotopic (exact) mass is 307 g/mol. The van der Waals surface area contributed by atoms with Gasteiger partial charge in [-0.1, -0.05) is 17.7 Å². The van der Waals surface area contributed by atoms with Crippen LogP contribution in [0.15, 0.2) is 28.7 Å². The number of aromatic nitrogens is 2. The van der Waals surface area contributed by atoms with Crippen molar-refractivity contribution in [3.63, 3.8) is 0 Å². The summed E-state index contributed by atoms with van der Waals surface area (Å²) in [5.41, 5.74) is 0. The first kappa shape index (κ1) is 14.4. The van der Waals surface area contributed by atoms with Gasteiger partial charge in [0.05, 0.1) is 0 Å². The Balaban J connectivity index is 1.54. The predicted octanol–water partition coefficient (Wildman–Crippen LogP) is 3.16. The summed E-state index contributed by atoms with van der Waals surface area (Å²) < 4.78 is 11.4. The van der Waals surface area contributed by atoms with Crippen molar-refractivity contribution < 1.29 is 9.15 Å². The van der Waals surface area contributed by atoms with Gasteiger partial charge in [0.15, 0.2) is 6.10 Å². The molecule has 1 fully saturated rings. The van der Waals surface area contributed by atoms with Crippen LogP contribution in [0.5, 0.6) is 5.75 Å². The lowest BCUT2D eigenvalue weighted by molar-refractivity contribution is 0.186. The third-order valence-corrected chi connectivity index (χ3v) is 3.52. The molecular weight excluding hydrogens is 290 g/mol. The normalized spacial score (nSPS) is 15.9. The van der Waals surface area contributed by atoms with Gasteiger partial charge in [0, 0.05) is 24.0 Å². The molecule has 3 rings (SSSR count). The van der Waals surface area contributed by atoms with Crippen molar-refractivity contribution in [1.29, 1.82) is 0 Å². The molecule has 1 aliphatic rings. The second-order valence-electron chi connectivity index (χ2n) is 5.23. The molecule has 0 aliphatic heterocycles. The molecule has 2 aromatic rings. The second kappa shape index (κ2) is 6.45. The summed E-state index contributed by atoms with van der Waals surface area (Å²) in [4.78, 5) is 0. The molecule has 0 saturated heterocycles. The van der Waals surface area contributed by atoms with E-state index in [1.54, 1.807) is 12.1 Å². The molecule has 5 nitrogen and oxygen atoms in total. The number of nitrogens with one attached hydrogen (secondary N) is 1. The Labute approximate surface area is 128 Å². The highest BCUT2D eigenvalue weighted by Gasteiger charge is 2.20. The van der Waals surface area contributed by atoms with E-state index < -0.39 is 0 Å². The third kappa shape index (κ3) is 4.19. The molecule has 0 bridgehead atoms. The average molecular weight is 308 g/mol. The van der Waals surface area contributed by atoms with Gasteiger partial charge in [-0.25, -0.2) is 0 Å². The molecule has 112 valence electrons. The smallest absolute Gasteiger partial charge is 0.256 e. The molecule has 0 spiro atoms. The predicted molar refractivity (Wildman–Crippen MR) is 79.5 cm³/mol. The standard InChI is InChI=1S/C15H18ClN3O2/c1-10(20-13-4-2-3-11(16)9-13)15-19-18-14(21-15)7-8-17-12-5-6-12/h2-4,9-10,12,17H,5-8H2,1H3. The van der Waals surface area contributed by atoms with E-state index in [9.17, 15) is 0 Å². The van der Waals surface area contributed by atoms with Gasteiger partial charge in [-0.15, -0.1) is 10.2 Å². The maximum Gasteiger partial charge on any atom is 0.256 e. The molecule has 1 unspecified atom stereocenters. The summed E-state index contributed by atoms with van der Waals surface area (Å²) in [5, 5.41) is 12.1. The van der Waals surface area contributed by atoms with E-state index in [1.807, 2.05) is 19.1 Å². The van der Waals surface area contributed by atoms with Gasteiger partial charge >= 0.3 is 0 Å². The van der Waals surface area contributed by atoms with Gasteiger partial charge in [-0.3, -0.25) is 0 Å². The lowest BCUT2D eigenvalue weighted by Crippen LogP contribution is -2.19. The van der Waals surface area contributed by atoms with Crippen LogP contribution in [0.2, 0.25) is 5.02 Å². The Morgan fingerprint density at radius 2 is 2.29 bits per heavy atom. The van der Waals surface area contributed by atoms with E-state index in [-0.39, 0.29) is 6.10 Å². The Morgan fingerprint density at radius 1 is 1.43 bits per heavy atom. The number of benzene rings is 1. The summed E-state index contributed by atoms with van der Waals surface area (Å²) in [6, 6.07) is 7.94. The second-order valence-corrected chi connectivity index (χ2v) is 5.67. The summed E-state index contributed by atoms with van der Waals surface area (Å²) in [7, 11) is 0. The molecule has 1 aromatic heterocycles. The fourth-order valence-electron chi connectivity index (χ4n) is 2.00. The Bertz CT molecular complexity index is 598. The van der Waals surface area contributed by atoms with Crippen molar-refractivity contribution in [2.75, 3.05) is 6.54 Å². The first-order chi connectivity index (χ1) is 10.2. The number of halogens is 1. The van der Waals surface area contributed by atoms with Gasteiger partial charge in [-0.05, 0) is 38.0 Å². The van der Waals surface area contributed by atoms with Crippen molar-refractivity contribution >= 4 is 11.6 Å². The molecule has 0 amide bonds. The van der Waals surface area contributed by atoms with E-state index in [1.165, 1.54) is 12.8 Å². The topological polar surface area (TPSA) is 60.2 Å². The fourth-order valence-corrected chi connectivity index (χ4v) is 2.18. The highest BCUT2D eigenvalue weighted by atomic mass is 35.5. The van der Waals surface area contributed by atoms with E-state index in [0.717, 1.165) is 13.0 Å². The number of ether oxygens (including phenoxy) is 1. The van der Waals surface area contributed by atoms with Crippen LogP contribution in [0, 0.1) is 0 Å². The van der Waals surface area contributed by atoms with Crippen LogP contribution in [0.1, 0.15) is 37.7 Å². The van der Waals surface area contributed by atoms with Gasteiger partial charge in [-0.2, -0.15) is 0 Å². The van der Waals surface area contributed by atoms with E-state index in [0.29, 0.717) is 28.6 Å². The number of hydrogen-bond acceptors (Lipinski definition) is 5. The zero-order chi connectivity index (χ0) is 14.7. The van der Waals surface area contributed by atoms with Crippen molar-refractivity contribution in [3.05, 3.63) is 41.1 Å². The molecule has 1 heterocycles. The highest BCUT2D eigenvalue weighted by Crippen LogP contribution is 2.23. The molecule has 1 atom stereocenters. The van der Waals surface area contributed by atoms with Crippen LogP contribution in [-0.4, -0.2) is 22.8 Å². The molecular formula is C15H18ClN3O2. The highest BCUT2D eigenvalue weighted by molar-refractivity contribution is 6.30. The van der Waals surface area contributed by atoms with Gasteiger partial charge in [0.1, 0.15) is 5.75 Å². The summed E-state index contributed by atoms with van der Waals surface area (Å²) >= 11 is 5.93. The molecule has 21 heavy (non-hydrogen) atoms.